The first kappa shape index (κ1) is 24.1. The number of carbonyl (C=O) groups excluding carboxylic acids is 1. The Balaban J connectivity index is 1.47. The topological polar surface area (TPSA) is 101 Å². The number of hydrogen-bond donors (Lipinski definition) is 4. The molecule has 0 radical (unpaired) electrons. The summed E-state index contributed by atoms with van der Waals surface area (Å²) in [4.78, 5) is 12.7. The molecule has 4 N–H and O–H groups in total. The van der Waals surface area contributed by atoms with Crippen molar-refractivity contribution >= 4 is 29.1 Å². The van der Waals surface area contributed by atoms with Crippen LogP contribution in [-0.4, -0.2) is 53.3 Å². The molecular formula is C21H25F3N6O3S. The molecule has 9 nitrogen and oxygen atoms in total. The van der Waals surface area contributed by atoms with Crippen molar-refractivity contribution < 1.29 is 27.4 Å². The number of aromatic nitrogens is 2. The lowest BCUT2D eigenvalue weighted by Gasteiger charge is -2.34. The van der Waals surface area contributed by atoms with Crippen LogP contribution in [0.15, 0.2) is 30.5 Å². The molecule has 13 heteroatoms. The Bertz CT molecular complexity index is 1020. The number of halogens is 3. The first-order valence-corrected chi connectivity index (χ1v) is 11.2. The maximum atomic E-state index is 13.8. The van der Waals surface area contributed by atoms with E-state index in [4.69, 9.17) is 21.7 Å². The number of ether oxygens (including phenoxy) is 2. The molecule has 1 aromatic heterocycles. The molecule has 3 atom stereocenters. The van der Waals surface area contributed by atoms with E-state index in [-0.39, 0.29) is 29.0 Å². The molecule has 2 aliphatic heterocycles. The monoisotopic (exact) mass is 498 g/mol. The Morgan fingerprint density at radius 2 is 2.09 bits per heavy atom. The highest BCUT2D eigenvalue weighted by atomic mass is 32.1. The molecule has 2 aromatic rings. The zero-order valence-corrected chi connectivity index (χ0v) is 19.1. The van der Waals surface area contributed by atoms with Crippen LogP contribution >= 0.6 is 12.2 Å². The van der Waals surface area contributed by atoms with Crippen LogP contribution in [0, 0.1) is 0 Å². The molecule has 34 heavy (non-hydrogen) atoms. The molecular weight excluding hydrogens is 473 g/mol. The zero-order chi connectivity index (χ0) is 24.3. The number of benzene rings is 1. The van der Waals surface area contributed by atoms with Gasteiger partial charge in [-0.15, -0.1) is 0 Å². The Hall–Kier alpha value is -3.06. The van der Waals surface area contributed by atoms with E-state index in [1.54, 1.807) is 24.3 Å². The Morgan fingerprint density at radius 1 is 1.32 bits per heavy atom. The van der Waals surface area contributed by atoms with Gasteiger partial charge in [-0.1, -0.05) is 12.1 Å². The van der Waals surface area contributed by atoms with Gasteiger partial charge in [0.05, 0.1) is 25.5 Å². The van der Waals surface area contributed by atoms with E-state index in [1.165, 1.54) is 7.11 Å². The molecule has 184 valence electrons. The number of fused-ring (bicyclic) bond motifs is 1. The van der Waals surface area contributed by atoms with Gasteiger partial charge in [-0.2, -0.15) is 18.3 Å². The summed E-state index contributed by atoms with van der Waals surface area (Å²) in [7, 11) is 1.51. The van der Waals surface area contributed by atoms with Crippen LogP contribution in [0.4, 0.5) is 19.0 Å². The number of carbonyl (C=O) groups is 1. The molecule has 0 bridgehead atoms. The van der Waals surface area contributed by atoms with Gasteiger partial charge in [-0.3, -0.25) is 15.6 Å². The summed E-state index contributed by atoms with van der Waals surface area (Å²) in [6, 6.07) is 4.15. The lowest BCUT2D eigenvalue weighted by Crippen LogP contribution is -2.48. The van der Waals surface area contributed by atoms with Crippen LogP contribution in [0.1, 0.15) is 47.3 Å². The standard InChI is InChI=1S/C21H25F3N6O3S/c1-32-13-6-4-12(5-7-13)16-9-17(21(22,23)24)30-18(27-16)15(11-26-30)19(31)28-29-20(34)25-10-14-3-2-8-33-14/h4-7,11,14,16-17,27H,2-3,8-10H2,1H3,(H,28,31)(H2,25,29,34)/t14-,16-,17-/m0/s1. The van der Waals surface area contributed by atoms with Gasteiger partial charge in [0.15, 0.2) is 11.2 Å². The molecule has 0 unspecified atom stereocenters. The number of thiocarbonyl (C=S) groups is 1. The highest BCUT2D eigenvalue weighted by molar-refractivity contribution is 7.80. The minimum Gasteiger partial charge on any atom is -0.497 e. The second kappa shape index (κ2) is 10.1. The van der Waals surface area contributed by atoms with Gasteiger partial charge >= 0.3 is 6.18 Å². The summed E-state index contributed by atoms with van der Waals surface area (Å²) in [5.74, 6) is -0.106. The van der Waals surface area contributed by atoms with Gasteiger partial charge in [0.25, 0.3) is 5.91 Å². The van der Waals surface area contributed by atoms with Crippen LogP contribution < -0.4 is 26.2 Å². The van der Waals surface area contributed by atoms with Crippen molar-refractivity contribution in [3.63, 3.8) is 0 Å². The first-order chi connectivity index (χ1) is 16.3. The second-order valence-electron chi connectivity index (χ2n) is 8.04. The summed E-state index contributed by atoms with van der Waals surface area (Å²) >= 11 is 5.14. The van der Waals surface area contributed by atoms with Crippen molar-refractivity contribution in [3.05, 3.63) is 41.6 Å². The fraction of sp³-hybridized carbons (Fsp3) is 0.476. The fourth-order valence-corrected chi connectivity index (χ4v) is 4.15. The van der Waals surface area contributed by atoms with Crippen molar-refractivity contribution in [2.45, 2.75) is 43.6 Å². The Kier molecular flexibility index (Phi) is 7.12. The summed E-state index contributed by atoms with van der Waals surface area (Å²) < 4.78 is 53.0. The molecule has 4 rings (SSSR count). The number of nitrogens with zero attached hydrogens (tertiary/aromatic N) is 2. The maximum Gasteiger partial charge on any atom is 0.410 e. The molecule has 1 saturated heterocycles. The minimum atomic E-state index is -4.55. The minimum absolute atomic E-state index is 0.0214. The van der Waals surface area contributed by atoms with Crippen molar-refractivity contribution in [2.75, 3.05) is 25.6 Å². The third-order valence-electron chi connectivity index (χ3n) is 5.81. The number of rotatable bonds is 5. The second-order valence-corrected chi connectivity index (χ2v) is 8.45. The molecule has 1 fully saturated rings. The predicted molar refractivity (Wildman–Crippen MR) is 121 cm³/mol. The highest BCUT2D eigenvalue weighted by Gasteiger charge is 2.47. The lowest BCUT2D eigenvalue weighted by molar-refractivity contribution is -0.173. The first-order valence-electron chi connectivity index (χ1n) is 10.8. The molecule has 1 aromatic carbocycles. The molecule has 1 amide bonds. The van der Waals surface area contributed by atoms with Gasteiger partial charge in [0.2, 0.25) is 0 Å². The van der Waals surface area contributed by atoms with Gasteiger partial charge in [0.1, 0.15) is 17.1 Å². The molecule has 3 heterocycles. The number of nitrogens with one attached hydrogen (secondary N) is 4. The van der Waals surface area contributed by atoms with E-state index >= 15 is 0 Å². The van der Waals surface area contributed by atoms with Gasteiger partial charge in [-0.05, 0) is 42.8 Å². The average Bonchev–Trinajstić information content (AvgIpc) is 3.50. The molecule has 2 aliphatic rings. The Labute approximate surface area is 199 Å². The number of hydrogen-bond acceptors (Lipinski definition) is 6. The van der Waals surface area contributed by atoms with Gasteiger partial charge in [0, 0.05) is 19.6 Å². The average molecular weight is 499 g/mol. The SMILES string of the molecule is COc1ccc([C@@H]2C[C@@H](C(F)(F)F)n3ncc(C(=O)NNC(=S)NC[C@@H]4CCCO4)c3N2)cc1. The lowest BCUT2D eigenvalue weighted by atomic mass is 9.96. The largest absolute Gasteiger partial charge is 0.497 e. The third-order valence-corrected chi connectivity index (χ3v) is 6.05. The number of amides is 1. The van der Waals surface area contributed by atoms with Crippen LogP contribution in [0.5, 0.6) is 5.75 Å². The van der Waals surface area contributed by atoms with E-state index in [0.717, 1.165) is 23.7 Å². The predicted octanol–water partition coefficient (Wildman–Crippen LogP) is 2.84. The van der Waals surface area contributed by atoms with Crippen molar-refractivity contribution in [2.24, 2.45) is 0 Å². The molecule has 0 spiro atoms. The van der Waals surface area contributed by atoms with Crippen molar-refractivity contribution in [1.82, 2.24) is 25.9 Å². The maximum absolute atomic E-state index is 13.8. The number of methoxy groups -OCH3 is 1. The number of anilines is 1. The highest BCUT2D eigenvalue weighted by Crippen LogP contribution is 2.44. The van der Waals surface area contributed by atoms with Crippen LogP contribution in [-0.2, 0) is 4.74 Å². The van der Waals surface area contributed by atoms with Crippen LogP contribution in [0.2, 0.25) is 0 Å². The van der Waals surface area contributed by atoms with Crippen LogP contribution in [0.25, 0.3) is 0 Å². The quantitative estimate of drug-likeness (QED) is 0.369. The Morgan fingerprint density at radius 3 is 2.74 bits per heavy atom. The number of alkyl halides is 3. The van der Waals surface area contributed by atoms with Crippen molar-refractivity contribution in [1.29, 1.82) is 0 Å². The van der Waals surface area contributed by atoms with E-state index in [0.29, 0.717) is 24.5 Å². The van der Waals surface area contributed by atoms with E-state index in [2.05, 4.69) is 26.6 Å². The summed E-state index contributed by atoms with van der Waals surface area (Å²) in [5.41, 5.74) is 5.56. The smallest absolute Gasteiger partial charge is 0.410 e. The van der Waals surface area contributed by atoms with E-state index in [9.17, 15) is 18.0 Å². The van der Waals surface area contributed by atoms with E-state index < -0.39 is 24.2 Å². The zero-order valence-electron chi connectivity index (χ0n) is 18.3. The normalized spacial score (nSPS) is 21.8. The van der Waals surface area contributed by atoms with Crippen molar-refractivity contribution in [3.8, 4) is 5.75 Å². The summed E-state index contributed by atoms with van der Waals surface area (Å²) in [5, 5.41) is 10.0. The van der Waals surface area contributed by atoms with Crippen LogP contribution in [0.3, 0.4) is 0 Å². The number of hydrazine groups is 1. The van der Waals surface area contributed by atoms with Gasteiger partial charge in [-0.25, -0.2) is 4.68 Å². The molecule has 0 aliphatic carbocycles. The summed E-state index contributed by atoms with van der Waals surface area (Å²) in [6.07, 6.45) is -1.76. The third kappa shape index (κ3) is 5.36. The van der Waals surface area contributed by atoms with Gasteiger partial charge < -0.3 is 20.1 Å². The molecule has 0 saturated carbocycles. The van der Waals surface area contributed by atoms with E-state index in [1.807, 2.05) is 0 Å². The fourth-order valence-electron chi connectivity index (χ4n) is 4.02. The summed E-state index contributed by atoms with van der Waals surface area (Å²) in [6.45, 7) is 1.20.